The summed E-state index contributed by atoms with van der Waals surface area (Å²) in [6.07, 6.45) is 3.09. The summed E-state index contributed by atoms with van der Waals surface area (Å²) in [5, 5.41) is 5.29. The van der Waals surface area contributed by atoms with Gasteiger partial charge in [-0.15, -0.1) is 11.3 Å². The Hall–Kier alpha value is -2.87. The third kappa shape index (κ3) is 5.35. The Morgan fingerprint density at radius 3 is 2.72 bits per heavy atom. The minimum absolute atomic E-state index is 0.227. The van der Waals surface area contributed by atoms with E-state index in [0.29, 0.717) is 27.9 Å². The van der Waals surface area contributed by atoms with Crippen molar-refractivity contribution in [3.05, 3.63) is 39.6 Å². The maximum absolute atomic E-state index is 12.3. The van der Waals surface area contributed by atoms with E-state index in [2.05, 4.69) is 17.6 Å². The van der Waals surface area contributed by atoms with Crippen molar-refractivity contribution in [3.63, 3.8) is 0 Å². The normalized spacial score (nSPS) is 15.2. The molecule has 0 spiro atoms. The Morgan fingerprint density at radius 1 is 1.21 bits per heavy atom. The van der Waals surface area contributed by atoms with Crippen LogP contribution in [0.2, 0.25) is 0 Å². The lowest BCUT2D eigenvalue weighted by Gasteiger charge is -2.16. The molecular weight excluding hydrogens is 392 g/mol. The molecule has 8 heteroatoms. The number of thiophene rings is 1. The van der Waals surface area contributed by atoms with Crippen molar-refractivity contribution < 1.29 is 23.9 Å². The number of ether oxygens (including phenoxy) is 2. The molecule has 1 aromatic heterocycles. The molecule has 0 saturated heterocycles. The first-order chi connectivity index (χ1) is 13.9. The maximum Gasteiger partial charge on any atom is 0.348 e. The van der Waals surface area contributed by atoms with E-state index in [1.54, 1.807) is 18.2 Å². The average Bonchev–Trinajstić information content (AvgIpc) is 3.09. The summed E-state index contributed by atoms with van der Waals surface area (Å²) in [6, 6.07) is 6.75. The second-order valence-electron chi connectivity index (χ2n) is 7.13. The Labute approximate surface area is 173 Å². The van der Waals surface area contributed by atoms with Gasteiger partial charge in [-0.25, -0.2) is 4.79 Å². The largest absolute Gasteiger partial charge is 0.495 e. The lowest BCUT2D eigenvalue weighted by Crippen LogP contribution is -2.21. The van der Waals surface area contributed by atoms with Gasteiger partial charge in [0, 0.05) is 17.5 Å². The topological polar surface area (TPSA) is 93.7 Å². The number of carbonyl (C=O) groups is 3. The second-order valence-corrected chi connectivity index (χ2v) is 8.26. The summed E-state index contributed by atoms with van der Waals surface area (Å²) in [5.74, 6) is -0.166. The van der Waals surface area contributed by atoms with Gasteiger partial charge in [-0.2, -0.15) is 0 Å². The van der Waals surface area contributed by atoms with Crippen molar-refractivity contribution in [2.24, 2.45) is 5.92 Å². The van der Waals surface area contributed by atoms with E-state index in [9.17, 15) is 14.4 Å². The van der Waals surface area contributed by atoms with Crippen LogP contribution in [0.25, 0.3) is 0 Å². The van der Waals surface area contributed by atoms with E-state index in [1.165, 1.54) is 35.8 Å². The molecule has 1 atom stereocenters. The fourth-order valence-corrected chi connectivity index (χ4v) is 4.38. The highest BCUT2D eigenvalue weighted by Gasteiger charge is 2.22. The lowest BCUT2D eigenvalue weighted by molar-refractivity contribution is -0.119. The number of aryl methyl sites for hydroxylation is 1. The number of methoxy groups -OCH3 is 1. The highest BCUT2D eigenvalue weighted by Crippen LogP contribution is 2.32. The average molecular weight is 416 g/mol. The van der Waals surface area contributed by atoms with Crippen LogP contribution in [0.4, 0.5) is 11.4 Å². The van der Waals surface area contributed by atoms with Crippen molar-refractivity contribution >= 4 is 40.5 Å². The summed E-state index contributed by atoms with van der Waals surface area (Å²) < 4.78 is 10.4. The summed E-state index contributed by atoms with van der Waals surface area (Å²) in [5.41, 5.74) is 2.11. The smallest absolute Gasteiger partial charge is 0.348 e. The van der Waals surface area contributed by atoms with Crippen molar-refractivity contribution in [1.82, 2.24) is 0 Å². The number of rotatable bonds is 6. The number of anilines is 2. The molecule has 0 radical (unpaired) electrons. The van der Waals surface area contributed by atoms with E-state index < -0.39 is 18.5 Å². The van der Waals surface area contributed by atoms with Crippen LogP contribution in [0.3, 0.4) is 0 Å². The minimum Gasteiger partial charge on any atom is -0.495 e. The number of nitrogens with one attached hydrogen (secondary N) is 2. The molecule has 2 N–H and O–H groups in total. The first-order valence-corrected chi connectivity index (χ1v) is 10.2. The molecule has 0 unspecified atom stereocenters. The zero-order chi connectivity index (χ0) is 21.0. The van der Waals surface area contributed by atoms with Gasteiger partial charge in [0.15, 0.2) is 6.61 Å². The second kappa shape index (κ2) is 9.09. The fraction of sp³-hybridized carbons (Fsp3) is 0.381. The molecule has 29 heavy (non-hydrogen) atoms. The lowest BCUT2D eigenvalue weighted by atomic mass is 9.90. The minimum atomic E-state index is -0.494. The van der Waals surface area contributed by atoms with Gasteiger partial charge in [-0.1, -0.05) is 6.92 Å². The van der Waals surface area contributed by atoms with Gasteiger partial charge in [-0.05, 0) is 55.0 Å². The number of esters is 1. The quantitative estimate of drug-likeness (QED) is 0.702. The number of amides is 2. The third-order valence-corrected chi connectivity index (χ3v) is 5.88. The first-order valence-electron chi connectivity index (χ1n) is 9.40. The van der Waals surface area contributed by atoms with E-state index in [4.69, 9.17) is 9.47 Å². The molecule has 1 aromatic carbocycles. The van der Waals surface area contributed by atoms with E-state index in [1.807, 2.05) is 6.07 Å². The predicted octanol–water partition coefficient (Wildman–Crippen LogP) is 3.64. The molecular formula is C21H24N2O5S. The van der Waals surface area contributed by atoms with Crippen LogP contribution >= 0.6 is 11.3 Å². The van der Waals surface area contributed by atoms with Crippen LogP contribution in [0.15, 0.2) is 24.3 Å². The number of carbonyl (C=O) groups excluding carboxylic acids is 3. The van der Waals surface area contributed by atoms with Crippen molar-refractivity contribution in [2.75, 3.05) is 24.4 Å². The standard InChI is InChI=1S/C21H24N2O5S/c1-12-4-7-18-14(8-12)9-19(29-18)21(26)28-11-20(25)23-16-10-15(22-13(2)24)5-6-17(16)27-3/h5-6,9-10,12H,4,7-8,11H2,1-3H3,(H,22,24)(H,23,25)/t12-/m0/s1. The van der Waals surface area contributed by atoms with E-state index in [-0.39, 0.29) is 5.91 Å². The molecule has 154 valence electrons. The molecule has 7 nitrogen and oxygen atoms in total. The molecule has 0 fully saturated rings. The van der Waals surface area contributed by atoms with E-state index >= 15 is 0 Å². The highest BCUT2D eigenvalue weighted by atomic mass is 32.1. The SMILES string of the molecule is COc1ccc(NC(C)=O)cc1NC(=O)COC(=O)c1cc2c(s1)CC[C@H](C)C2. The summed E-state index contributed by atoms with van der Waals surface area (Å²) in [6.45, 7) is 3.19. The maximum atomic E-state index is 12.3. The van der Waals surface area contributed by atoms with Gasteiger partial charge in [0.2, 0.25) is 5.91 Å². The summed E-state index contributed by atoms with van der Waals surface area (Å²) >= 11 is 1.45. The fourth-order valence-electron chi connectivity index (χ4n) is 3.28. The van der Waals surface area contributed by atoms with Gasteiger partial charge >= 0.3 is 5.97 Å². The molecule has 2 amide bonds. The Morgan fingerprint density at radius 2 is 2.00 bits per heavy atom. The van der Waals surface area contributed by atoms with Gasteiger partial charge < -0.3 is 20.1 Å². The molecule has 0 bridgehead atoms. The number of fused-ring (bicyclic) bond motifs is 1. The van der Waals surface area contributed by atoms with Crippen LogP contribution in [-0.4, -0.2) is 31.5 Å². The van der Waals surface area contributed by atoms with Crippen molar-refractivity contribution in [2.45, 2.75) is 33.1 Å². The van der Waals surface area contributed by atoms with Crippen LogP contribution in [0.5, 0.6) is 5.75 Å². The zero-order valence-electron chi connectivity index (χ0n) is 16.7. The summed E-state index contributed by atoms with van der Waals surface area (Å²) in [7, 11) is 1.47. The molecule has 0 aliphatic heterocycles. The van der Waals surface area contributed by atoms with Crippen LogP contribution in [0.1, 0.15) is 40.4 Å². The van der Waals surface area contributed by atoms with Crippen LogP contribution in [0, 0.1) is 5.92 Å². The van der Waals surface area contributed by atoms with Gasteiger partial charge in [0.25, 0.3) is 5.91 Å². The third-order valence-electron chi connectivity index (χ3n) is 4.66. The Kier molecular flexibility index (Phi) is 6.53. The molecule has 1 aliphatic rings. The zero-order valence-corrected chi connectivity index (χ0v) is 17.5. The van der Waals surface area contributed by atoms with Crippen molar-refractivity contribution in [1.29, 1.82) is 0 Å². The van der Waals surface area contributed by atoms with Gasteiger partial charge in [0.05, 0.1) is 12.8 Å². The number of benzene rings is 1. The molecule has 1 aliphatic carbocycles. The Bertz CT molecular complexity index is 937. The van der Waals surface area contributed by atoms with Crippen LogP contribution in [-0.2, 0) is 27.2 Å². The number of hydrogen-bond acceptors (Lipinski definition) is 6. The molecule has 0 saturated carbocycles. The predicted molar refractivity (Wildman–Crippen MR) is 112 cm³/mol. The van der Waals surface area contributed by atoms with E-state index in [0.717, 1.165) is 19.3 Å². The van der Waals surface area contributed by atoms with Crippen LogP contribution < -0.4 is 15.4 Å². The first kappa shape index (κ1) is 20.9. The Balaban J connectivity index is 1.60. The highest BCUT2D eigenvalue weighted by molar-refractivity contribution is 7.14. The number of hydrogen-bond donors (Lipinski definition) is 2. The molecule has 1 heterocycles. The van der Waals surface area contributed by atoms with Crippen molar-refractivity contribution in [3.8, 4) is 5.75 Å². The monoisotopic (exact) mass is 416 g/mol. The molecule has 3 rings (SSSR count). The van der Waals surface area contributed by atoms with Gasteiger partial charge in [0.1, 0.15) is 10.6 Å². The summed E-state index contributed by atoms with van der Waals surface area (Å²) in [4.78, 5) is 37.6. The van der Waals surface area contributed by atoms with Gasteiger partial charge in [-0.3, -0.25) is 9.59 Å². The molecule has 2 aromatic rings.